The van der Waals surface area contributed by atoms with Crippen LogP contribution < -0.4 is 9.47 Å². The largest absolute Gasteiger partial charge is 0.493 e. The van der Waals surface area contributed by atoms with Crippen molar-refractivity contribution in [3.8, 4) is 11.5 Å². The SMILES string of the molecule is CCc1ccc([C@@H]2[C@@H](C(=O)O)c3cc(OC)c(OC)cc3C(=O)N2C)cc1. The maximum atomic E-state index is 13.0. The van der Waals surface area contributed by atoms with Crippen molar-refractivity contribution in [2.75, 3.05) is 21.3 Å². The van der Waals surface area contributed by atoms with Gasteiger partial charge in [0.15, 0.2) is 11.5 Å². The highest BCUT2D eigenvalue weighted by Crippen LogP contribution is 2.45. The number of carboxylic acid groups (broad SMARTS) is 1. The van der Waals surface area contributed by atoms with E-state index in [1.54, 1.807) is 19.2 Å². The number of fused-ring (bicyclic) bond motifs is 1. The summed E-state index contributed by atoms with van der Waals surface area (Å²) in [5.41, 5.74) is 2.70. The molecule has 1 amide bonds. The van der Waals surface area contributed by atoms with E-state index in [0.717, 1.165) is 17.5 Å². The third-order valence-electron chi connectivity index (χ3n) is 5.17. The van der Waals surface area contributed by atoms with Gasteiger partial charge in [0.05, 0.1) is 20.3 Å². The highest BCUT2D eigenvalue weighted by molar-refractivity contribution is 6.01. The van der Waals surface area contributed by atoms with Crippen molar-refractivity contribution in [2.45, 2.75) is 25.3 Å². The lowest BCUT2D eigenvalue weighted by molar-refractivity contribution is -0.140. The van der Waals surface area contributed by atoms with E-state index in [-0.39, 0.29) is 5.91 Å². The van der Waals surface area contributed by atoms with Gasteiger partial charge < -0.3 is 19.5 Å². The molecule has 0 unspecified atom stereocenters. The summed E-state index contributed by atoms with van der Waals surface area (Å²) in [6.45, 7) is 2.06. The topological polar surface area (TPSA) is 76.1 Å². The number of benzene rings is 2. The molecule has 0 aliphatic carbocycles. The molecule has 27 heavy (non-hydrogen) atoms. The zero-order chi connectivity index (χ0) is 19.7. The van der Waals surface area contributed by atoms with Gasteiger partial charge in [-0.05, 0) is 35.2 Å². The molecule has 1 aliphatic rings. The number of aliphatic carboxylic acids is 1. The van der Waals surface area contributed by atoms with Gasteiger partial charge in [0.2, 0.25) is 0 Å². The summed E-state index contributed by atoms with van der Waals surface area (Å²) < 4.78 is 10.6. The van der Waals surface area contributed by atoms with Gasteiger partial charge in [-0.15, -0.1) is 0 Å². The summed E-state index contributed by atoms with van der Waals surface area (Å²) in [6, 6.07) is 10.3. The van der Waals surface area contributed by atoms with Crippen molar-refractivity contribution in [3.05, 3.63) is 58.7 Å². The molecule has 1 N–H and O–H groups in total. The molecule has 0 saturated carbocycles. The second kappa shape index (κ2) is 7.31. The maximum Gasteiger partial charge on any atom is 0.313 e. The van der Waals surface area contributed by atoms with Gasteiger partial charge in [0.1, 0.15) is 5.92 Å². The molecule has 6 heteroatoms. The summed E-state index contributed by atoms with van der Waals surface area (Å²) in [5.74, 6) is -1.34. The number of hydrogen-bond acceptors (Lipinski definition) is 4. The minimum Gasteiger partial charge on any atom is -0.493 e. The first-order chi connectivity index (χ1) is 12.9. The van der Waals surface area contributed by atoms with E-state index in [1.165, 1.54) is 19.1 Å². The molecule has 142 valence electrons. The van der Waals surface area contributed by atoms with Crippen molar-refractivity contribution < 1.29 is 24.2 Å². The second-order valence-corrected chi connectivity index (χ2v) is 6.57. The Labute approximate surface area is 158 Å². The minimum absolute atomic E-state index is 0.243. The average Bonchev–Trinajstić information content (AvgIpc) is 2.69. The quantitative estimate of drug-likeness (QED) is 0.875. The van der Waals surface area contributed by atoms with Crippen LogP contribution in [0.5, 0.6) is 11.5 Å². The van der Waals surface area contributed by atoms with Crippen molar-refractivity contribution >= 4 is 11.9 Å². The number of aryl methyl sites for hydroxylation is 1. The fourth-order valence-corrected chi connectivity index (χ4v) is 3.68. The lowest BCUT2D eigenvalue weighted by atomic mass is 9.79. The molecular weight excluding hydrogens is 346 g/mol. The number of carboxylic acids is 1. The number of carbonyl (C=O) groups is 2. The summed E-state index contributed by atoms with van der Waals surface area (Å²) in [5, 5.41) is 10.0. The fraction of sp³-hybridized carbons (Fsp3) is 0.333. The highest BCUT2D eigenvalue weighted by Gasteiger charge is 2.43. The van der Waals surface area contributed by atoms with Crippen LogP contribution in [0, 0.1) is 0 Å². The van der Waals surface area contributed by atoms with Crippen LogP contribution in [0.2, 0.25) is 0 Å². The van der Waals surface area contributed by atoms with Gasteiger partial charge in [-0.3, -0.25) is 9.59 Å². The third-order valence-corrected chi connectivity index (χ3v) is 5.17. The first kappa shape index (κ1) is 18.8. The van der Waals surface area contributed by atoms with Crippen molar-refractivity contribution in [2.24, 2.45) is 0 Å². The number of hydrogen-bond donors (Lipinski definition) is 1. The number of carbonyl (C=O) groups excluding carboxylic acids is 1. The number of amides is 1. The van der Waals surface area contributed by atoms with Crippen LogP contribution in [-0.2, 0) is 11.2 Å². The molecule has 0 spiro atoms. The van der Waals surface area contributed by atoms with E-state index in [4.69, 9.17) is 9.47 Å². The Kier molecular flexibility index (Phi) is 5.08. The van der Waals surface area contributed by atoms with Crippen LogP contribution >= 0.6 is 0 Å². The summed E-state index contributed by atoms with van der Waals surface area (Å²) in [6.07, 6.45) is 0.891. The molecule has 1 aliphatic heterocycles. The van der Waals surface area contributed by atoms with E-state index in [0.29, 0.717) is 22.6 Å². The molecule has 1 heterocycles. The van der Waals surface area contributed by atoms with Gasteiger partial charge in [-0.2, -0.15) is 0 Å². The van der Waals surface area contributed by atoms with Gasteiger partial charge in [0, 0.05) is 12.6 Å². The Morgan fingerprint density at radius 3 is 2.22 bits per heavy atom. The number of nitrogens with zero attached hydrogens (tertiary/aromatic N) is 1. The van der Waals surface area contributed by atoms with Crippen molar-refractivity contribution in [1.29, 1.82) is 0 Å². The van der Waals surface area contributed by atoms with Gasteiger partial charge in [0.25, 0.3) is 5.91 Å². The third kappa shape index (κ3) is 3.12. The van der Waals surface area contributed by atoms with E-state index in [9.17, 15) is 14.7 Å². The molecule has 0 radical (unpaired) electrons. The standard InChI is InChI=1S/C21H23NO5/c1-5-12-6-8-13(9-7-12)19-18(21(24)25)14-10-16(26-3)17(27-4)11-15(14)20(23)22(19)2/h6-11,18-19H,5H2,1-4H3,(H,24,25)/t18-,19+/m0/s1. The van der Waals surface area contributed by atoms with Crippen LogP contribution in [0.25, 0.3) is 0 Å². The average molecular weight is 369 g/mol. The zero-order valence-electron chi connectivity index (χ0n) is 15.9. The molecule has 3 rings (SSSR count). The van der Waals surface area contributed by atoms with Gasteiger partial charge >= 0.3 is 5.97 Å². The Morgan fingerprint density at radius 1 is 1.11 bits per heavy atom. The predicted octanol–water partition coefficient (Wildman–Crippen LogP) is 3.26. The van der Waals surface area contributed by atoms with E-state index >= 15 is 0 Å². The molecular formula is C21H23NO5. The Morgan fingerprint density at radius 2 is 1.70 bits per heavy atom. The van der Waals surface area contributed by atoms with Crippen molar-refractivity contribution in [3.63, 3.8) is 0 Å². The van der Waals surface area contributed by atoms with E-state index < -0.39 is 17.9 Å². The van der Waals surface area contributed by atoms with Crippen LogP contribution in [-0.4, -0.2) is 43.2 Å². The zero-order valence-corrected chi connectivity index (χ0v) is 15.9. The maximum absolute atomic E-state index is 13.0. The smallest absolute Gasteiger partial charge is 0.313 e. The van der Waals surface area contributed by atoms with E-state index in [1.807, 2.05) is 24.3 Å². The predicted molar refractivity (Wildman–Crippen MR) is 101 cm³/mol. The summed E-state index contributed by atoms with van der Waals surface area (Å²) >= 11 is 0. The van der Waals surface area contributed by atoms with Crippen LogP contribution in [0.15, 0.2) is 36.4 Å². The lowest BCUT2D eigenvalue weighted by Crippen LogP contribution is -2.42. The summed E-state index contributed by atoms with van der Waals surface area (Å²) in [7, 11) is 4.60. The normalized spacial score (nSPS) is 18.8. The number of likely N-dealkylation sites (N-methyl/N-ethyl adjacent to an activating group) is 1. The summed E-state index contributed by atoms with van der Waals surface area (Å²) in [4.78, 5) is 26.7. The first-order valence-corrected chi connectivity index (χ1v) is 8.77. The number of methoxy groups -OCH3 is 2. The molecule has 0 saturated heterocycles. The number of rotatable bonds is 5. The van der Waals surface area contributed by atoms with Gasteiger partial charge in [-0.25, -0.2) is 0 Å². The van der Waals surface area contributed by atoms with Crippen LogP contribution in [0.4, 0.5) is 0 Å². The molecule has 0 bridgehead atoms. The molecule has 0 aromatic heterocycles. The van der Waals surface area contributed by atoms with Crippen LogP contribution in [0.3, 0.4) is 0 Å². The minimum atomic E-state index is -0.993. The lowest BCUT2D eigenvalue weighted by Gasteiger charge is -2.39. The second-order valence-electron chi connectivity index (χ2n) is 6.57. The van der Waals surface area contributed by atoms with Crippen molar-refractivity contribution in [1.82, 2.24) is 4.90 Å². The fourth-order valence-electron chi connectivity index (χ4n) is 3.68. The molecule has 2 aromatic carbocycles. The van der Waals surface area contributed by atoms with Crippen LogP contribution in [0.1, 0.15) is 45.9 Å². The molecule has 2 aromatic rings. The first-order valence-electron chi connectivity index (χ1n) is 8.77. The van der Waals surface area contributed by atoms with Gasteiger partial charge in [-0.1, -0.05) is 31.2 Å². The monoisotopic (exact) mass is 369 g/mol. The van der Waals surface area contributed by atoms with E-state index in [2.05, 4.69) is 6.92 Å². The molecule has 0 fully saturated rings. The number of ether oxygens (including phenoxy) is 2. The Bertz CT molecular complexity index is 875. The Balaban J connectivity index is 2.19. The molecule has 6 nitrogen and oxygen atoms in total. The highest BCUT2D eigenvalue weighted by atomic mass is 16.5. The molecule has 2 atom stereocenters. The Hall–Kier alpha value is -3.02.